The largest absolute Gasteiger partial charge is 0.390 e. The van der Waals surface area contributed by atoms with Crippen molar-refractivity contribution in [2.75, 3.05) is 20.8 Å². The van der Waals surface area contributed by atoms with E-state index in [4.69, 9.17) is 14.0 Å². The number of ether oxygens (including phenoxy) is 2. The normalized spacial score (nSPS) is 19.9. The van der Waals surface area contributed by atoms with Gasteiger partial charge < -0.3 is 19.1 Å². The van der Waals surface area contributed by atoms with E-state index in [1.54, 1.807) is 7.11 Å². The van der Waals surface area contributed by atoms with E-state index in [-0.39, 0.29) is 12.2 Å². The molecule has 1 aliphatic rings. The van der Waals surface area contributed by atoms with Gasteiger partial charge in [0.15, 0.2) is 0 Å². The molecule has 0 aromatic carbocycles. The van der Waals surface area contributed by atoms with Gasteiger partial charge in [-0.25, -0.2) is 0 Å². The molecule has 0 radical (unpaired) electrons. The van der Waals surface area contributed by atoms with Crippen molar-refractivity contribution in [3.63, 3.8) is 0 Å². The lowest BCUT2D eigenvalue weighted by Gasteiger charge is -2.37. The minimum absolute atomic E-state index is 0.257. The van der Waals surface area contributed by atoms with Crippen LogP contribution in [-0.2, 0) is 21.5 Å². The summed E-state index contributed by atoms with van der Waals surface area (Å²) in [7, 11) is 3.20. The van der Waals surface area contributed by atoms with Gasteiger partial charge in [-0.15, -0.1) is 0 Å². The molecule has 0 aliphatic heterocycles. The Kier molecular flexibility index (Phi) is 3.76. The molecule has 1 atom stereocenters. The van der Waals surface area contributed by atoms with Crippen molar-refractivity contribution < 1.29 is 19.1 Å². The van der Waals surface area contributed by atoms with Gasteiger partial charge in [0.05, 0.1) is 19.1 Å². The van der Waals surface area contributed by atoms with Crippen molar-refractivity contribution in [3.8, 4) is 0 Å². The van der Waals surface area contributed by atoms with Gasteiger partial charge >= 0.3 is 0 Å². The Bertz CT molecular complexity index is 357. The maximum atomic E-state index is 9.56. The zero-order valence-electron chi connectivity index (χ0n) is 10.2. The van der Waals surface area contributed by atoms with E-state index in [2.05, 4.69) is 10.1 Å². The smallest absolute Gasteiger partial charge is 0.229 e. The monoisotopic (exact) mass is 242 g/mol. The summed E-state index contributed by atoms with van der Waals surface area (Å²) in [6.45, 7) is 0.257. The molecule has 1 heterocycles. The van der Waals surface area contributed by atoms with Gasteiger partial charge in [-0.2, -0.15) is 4.98 Å². The molecular formula is C11H18N2O4. The van der Waals surface area contributed by atoms with Crippen LogP contribution in [0.3, 0.4) is 0 Å². The summed E-state index contributed by atoms with van der Waals surface area (Å²) < 4.78 is 15.4. The SMILES string of the molecule is COCC(O)Cc1nc(C2(OC)CCC2)no1. The predicted molar refractivity (Wildman–Crippen MR) is 58.4 cm³/mol. The molecular weight excluding hydrogens is 224 g/mol. The van der Waals surface area contributed by atoms with Gasteiger partial charge in [-0.1, -0.05) is 5.16 Å². The maximum Gasteiger partial charge on any atom is 0.229 e. The Morgan fingerprint density at radius 3 is 2.76 bits per heavy atom. The summed E-state index contributed by atoms with van der Waals surface area (Å²) in [6, 6.07) is 0. The van der Waals surface area contributed by atoms with Crippen LogP contribution in [0.1, 0.15) is 31.0 Å². The summed E-state index contributed by atoms with van der Waals surface area (Å²) in [4.78, 5) is 4.28. The van der Waals surface area contributed by atoms with E-state index < -0.39 is 6.10 Å². The lowest BCUT2D eigenvalue weighted by Crippen LogP contribution is -2.37. The Hall–Kier alpha value is -0.980. The topological polar surface area (TPSA) is 77.6 Å². The van der Waals surface area contributed by atoms with Crippen LogP contribution >= 0.6 is 0 Å². The molecule has 2 rings (SSSR count). The van der Waals surface area contributed by atoms with Gasteiger partial charge in [-0.05, 0) is 19.3 Å². The van der Waals surface area contributed by atoms with Gasteiger partial charge in [0.2, 0.25) is 11.7 Å². The molecule has 1 N–H and O–H groups in total. The van der Waals surface area contributed by atoms with Crippen LogP contribution in [0.25, 0.3) is 0 Å². The second-order valence-electron chi connectivity index (χ2n) is 4.38. The molecule has 96 valence electrons. The second-order valence-corrected chi connectivity index (χ2v) is 4.38. The first-order valence-corrected chi connectivity index (χ1v) is 5.75. The summed E-state index contributed by atoms with van der Waals surface area (Å²) in [5.74, 6) is 1.01. The first-order valence-electron chi connectivity index (χ1n) is 5.75. The van der Waals surface area contributed by atoms with Crippen LogP contribution in [0.4, 0.5) is 0 Å². The third-order valence-electron chi connectivity index (χ3n) is 3.20. The van der Waals surface area contributed by atoms with E-state index in [0.29, 0.717) is 18.1 Å². The average Bonchev–Trinajstić information content (AvgIpc) is 2.66. The number of aliphatic hydroxyl groups excluding tert-OH is 1. The van der Waals surface area contributed by atoms with Gasteiger partial charge in [-0.3, -0.25) is 0 Å². The Morgan fingerprint density at radius 2 is 2.24 bits per heavy atom. The minimum Gasteiger partial charge on any atom is -0.390 e. The summed E-state index contributed by atoms with van der Waals surface area (Å²) in [5, 5.41) is 13.5. The lowest BCUT2D eigenvalue weighted by molar-refractivity contribution is -0.0858. The Labute approximate surface area is 99.9 Å². The molecule has 0 saturated heterocycles. The van der Waals surface area contributed by atoms with Gasteiger partial charge in [0, 0.05) is 14.2 Å². The van der Waals surface area contributed by atoms with E-state index in [1.165, 1.54) is 7.11 Å². The van der Waals surface area contributed by atoms with Crippen molar-refractivity contribution in [2.24, 2.45) is 0 Å². The fourth-order valence-electron chi connectivity index (χ4n) is 1.99. The minimum atomic E-state index is -0.617. The molecule has 1 aromatic heterocycles. The molecule has 0 bridgehead atoms. The van der Waals surface area contributed by atoms with E-state index in [9.17, 15) is 5.11 Å². The number of rotatable bonds is 6. The molecule has 0 spiro atoms. The molecule has 6 nitrogen and oxygen atoms in total. The van der Waals surface area contributed by atoms with Crippen LogP contribution in [0.5, 0.6) is 0 Å². The van der Waals surface area contributed by atoms with E-state index >= 15 is 0 Å². The Morgan fingerprint density at radius 1 is 1.47 bits per heavy atom. The van der Waals surface area contributed by atoms with Crippen molar-refractivity contribution in [1.29, 1.82) is 0 Å². The van der Waals surface area contributed by atoms with E-state index in [0.717, 1.165) is 19.3 Å². The highest BCUT2D eigenvalue weighted by molar-refractivity contribution is 5.06. The van der Waals surface area contributed by atoms with Crippen LogP contribution in [0.15, 0.2) is 4.52 Å². The Balaban J connectivity index is 2.00. The second kappa shape index (κ2) is 5.12. The van der Waals surface area contributed by atoms with E-state index in [1.807, 2.05) is 0 Å². The molecule has 0 amide bonds. The first kappa shape index (κ1) is 12.5. The number of aromatic nitrogens is 2. The lowest BCUT2D eigenvalue weighted by atomic mass is 9.79. The number of hydrogen-bond acceptors (Lipinski definition) is 6. The number of aliphatic hydroxyl groups is 1. The molecule has 1 fully saturated rings. The third kappa shape index (κ3) is 2.48. The zero-order chi connectivity index (χ0) is 12.3. The molecule has 6 heteroatoms. The summed E-state index contributed by atoms with van der Waals surface area (Å²) in [5.41, 5.74) is -0.367. The zero-order valence-corrected chi connectivity index (χ0v) is 10.2. The molecule has 17 heavy (non-hydrogen) atoms. The summed E-state index contributed by atoms with van der Waals surface area (Å²) >= 11 is 0. The first-order chi connectivity index (χ1) is 8.20. The highest BCUT2D eigenvalue weighted by atomic mass is 16.5. The highest BCUT2D eigenvalue weighted by Gasteiger charge is 2.43. The molecule has 1 aliphatic carbocycles. The van der Waals surface area contributed by atoms with Crippen molar-refractivity contribution in [1.82, 2.24) is 10.1 Å². The third-order valence-corrected chi connectivity index (χ3v) is 3.20. The molecule has 1 aromatic rings. The predicted octanol–water partition coefficient (Wildman–Crippen LogP) is 0.645. The highest BCUT2D eigenvalue weighted by Crippen LogP contribution is 2.42. The van der Waals surface area contributed by atoms with Crippen LogP contribution in [-0.4, -0.2) is 42.2 Å². The van der Waals surface area contributed by atoms with Crippen LogP contribution in [0.2, 0.25) is 0 Å². The van der Waals surface area contributed by atoms with Crippen molar-refractivity contribution in [3.05, 3.63) is 11.7 Å². The molecule has 1 saturated carbocycles. The number of hydrogen-bond donors (Lipinski definition) is 1. The van der Waals surface area contributed by atoms with Gasteiger partial charge in [0.25, 0.3) is 0 Å². The fraction of sp³-hybridized carbons (Fsp3) is 0.818. The average molecular weight is 242 g/mol. The van der Waals surface area contributed by atoms with Crippen LogP contribution in [0, 0.1) is 0 Å². The van der Waals surface area contributed by atoms with Crippen LogP contribution < -0.4 is 0 Å². The quantitative estimate of drug-likeness (QED) is 0.789. The molecule has 1 unspecified atom stereocenters. The van der Waals surface area contributed by atoms with Crippen molar-refractivity contribution in [2.45, 2.75) is 37.4 Å². The van der Waals surface area contributed by atoms with Gasteiger partial charge in [0.1, 0.15) is 5.60 Å². The fourth-order valence-corrected chi connectivity index (χ4v) is 1.99. The standard InChI is InChI=1S/C11H18N2O4/c1-15-7-8(14)6-9-12-10(13-17-9)11(16-2)4-3-5-11/h8,14H,3-7H2,1-2H3. The van der Waals surface area contributed by atoms with Crippen molar-refractivity contribution >= 4 is 0 Å². The summed E-state index contributed by atoms with van der Waals surface area (Å²) in [6.07, 6.45) is 2.64. The number of methoxy groups -OCH3 is 2. The maximum absolute atomic E-state index is 9.56. The number of nitrogens with zero attached hydrogens (tertiary/aromatic N) is 2.